The molecule has 6 heteroatoms. The second kappa shape index (κ2) is 8.19. The Morgan fingerprint density at radius 2 is 2.00 bits per heavy atom. The van der Waals surface area contributed by atoms with Gasteiger partial charge < -0.3 is 16.0 Å². The lowest BCUT2D eigenvalue weighted by atomic mass is 9.99. The van der Waals surface area contributed by atoms with E-state index in [1.807, 2.05) is 24.3 Å². The maximum Gasteiger partial charge on any atom is 0.159 e. The molecule has 0 amide bonds. The summed E-state index contributed by atoms with van der Waals surface area (Å²) in [6.45, 7) is 7.44. The van der Waals surface area contributed by atoms with Crippen LogP contribution >= 0.6 is 0 Å². The van der Waals surface area contributed by atoms with Gasteiger partial charge in [0.1, 0.15) is 0 Å². The molecular formula is C20H22N6. The highest BCUT2D eigenvalue weighted by Crippen LogP contribution is 2.35. The van der Waals surface area contributed by atoms with Crippen LogP contribution in [0.15, 0.2) is 55.3 Å². The molecule has 0 unspecified atom stereocenters. The number of nitrogens with one attached hydrogen (secondary N) is 2. The smallest absolute Gasteiger partial charge is 0.159 e. The first-order valence-electron chi connectivity index (χ1n) is 8.54. The molecule has 0 radical (unpaired) electrons. The van der Waals surface area contributed by atoms with Gasteiger partial charge in [0.05, 0.1) is 22.9 Å². The molecule has 132 valence electrons. The van der Waals surface area contributed by atoms with E-state index in [0.717, 1.165) is 54.4 Å². The number of aromatic amines is 1. The van der Waals surface area contributed by atoms with E-state index in [2.05, 4.69) is 33.1 Å². The third-order valence-electron chi connectivity index (χ3n) is 4.33. The Morgan fingerprint density at radius 3 is 2.62 bits per heavy atom. The Hall–Kier alpha value is -3.30. The van der Waals surface area contributed by atoms with Crippen molar-refractivity contribution in [1.82, 2.24) is 15.5 Å². The van der Waals surface area contributed by atoms with Gasteiger partial charge in [-0.2, -0.15) is 10.4 Å². The van der Waals surface area contributed by atoms with E-state index in [9.17, 15) is 0 Å². The average Bonchev–Trinajstić information content (AvgIpc) is 3.13. The van der Waals surface area contributed by atoms with Gasteiger partial charge >= 0.3 is 0 Å². The SMILES string of the molecule is C=C/C=C(\C=C/N)c1c(N2CCNCC2)n[nH]c1-c1ccc(C#N)cc1. The first-order chi connectivity index (χ1) is 12.8. The van der Waals surface area contributed by atoms with E-state index < -0.39 is 0 Å². The molecule has 6 nitrogen and oxygen atoms in total. The Morgan fingerprint density at radius 1 is 1.27 bits per heavy atom. The van der Waals surface area contributed by atoms with E-state index in [1.54, 1.807) is 18.2 Å². The van der Waals surface area contributed by atoms with Crippen molar-refractivity contribution in [3.05, 3.63) is 66.4 Å². The normalized spacial score (nSPS) is 15.2. The molecule has 1 saturated heterocycles. The monoisotopic (exact) mass is 346 g/mol. The molecule has 1 aliphatic heterocycles. The Balaban J connectivity index is 2.14. The number of nitriles is 1. The van der Waals surface area contributed by atoms with Crippen LogP contribution < -0.4 is 16.0 Å². The molecule has 4 N–H and O–H groups in total. The van der Waals surface area contributed by atoms with E-state index in [4.69, 9.17) is 11.0 Å². The van der Waals surface area contributed by atoms with Crippen molar-refractivity contribution in [3.63, 3.8) is 0 Å². The first-order valence-corrected chi connectivity index (χ1v) is 8.54. The van der Waals surface area contributed by atoms with Gasteiger partial charge in [0, 0.05) is 31.7 Å². The average molecular weight is 346 g/mol. The number of piperazine rings is 1. The molecule has 1 aliphatic rings. The molecule has 26 heavy (non-hydrogen) atoms. The van der Waals surface area contributed by atoms with E-state index in [1.165, 1.54) is 6.20 Å². The number of hydrogen-bond acceptors (Lipinski definition) is 5. The summed E-state index contributed by atoms with van der Waals surface area (Å²) in [6.07, 6.45) is 7.04. The number of nitrogens with zero attached hydrogens (tertiary/aromatic N) is 3. The number of aromatic nitrogens is 2. The van der Waals surface area contributed by atoms with Crippen molar-refractivity contribution in [1.29, 1.82) is 5.26 Å². The molecule has 2 heterocycles. The minimum absolute atomic E-state index is 0.626. The van der Waals surface area contributed by atoms with Crippen molar-refractivity contribution in [2.24, 2.45) is 5.73 Å². The molecule has 0 spiro atoms. The van der Waals surface area contributed by atoms with Crippen LogP contribution in [0.2, 0.25) is 0 Å². The molecule has 1 aromatic heterocycles. The first kappa shape index (κ1) is 17.5. The quantitative estimate of drug-likeness (QED) is 0.723. The zero-order chi connectivity index (χ0) is 18.4. The van der Waals surface area contributed by atoms with Gasteiger partial charge in [-0.1, -0.05) is 30.9 Å². The molecule has 2 aromatic rings. The Kier molecular flexibility index (Phi) is 5.52. The zero-order valence-electron chi connectivity index (χ0n) is 14.6. The van der Waals surface area contributed by atoms with Crippen LogP contribution in [0.3, 0.4) is 0 Å². The van der Waals surface area contributed by atoms with E-state index >= 15 is 0 Å². The van der Waals surface area contributed by atoms with Gasteiger partial charge in [-0.25, -0.2) is 0 Å². The summed E-state index contributed by atoms with van der Waals surface area (Å²) in [6, 6.07) is 9.61. The lowest BCUT2D eigenvalue weighted by Gasteiger charge is -2.28. The third kappa shape index (κ3) is 3.53. The number of hydrogen-bond donors (Lipinski definition) is 3. The summed E-state index contributed by atoms with van der Waals surface area (Å²) >= 11 is 0. The second-order valence-corrected chi connectivity index (χ2v) is 5.94. The fourth-order valence-electron chi connectivity index (χ4n) is 3.08. The van der Waals surface area contributed by atoms with Crippen LogP contribution in [-0.4, -0.2) is 36.4 Å². The highest BCUT2D eigenvalue weighted by atomic mass is 15.3. The molecule has 3 rings (SSSR count). The predicted molar refractivity (Wildman–Crippen MR) is 105 cm³/mol. The summed E-state index contributed by atoms with van der Waals surface area (Å²) < 4.78 is 0. The highest BCUT2D eigenvalue weighted by molar-refractivity contribution is 5.90. The molecule has 1 aromatic carbocycles. The van der Waals surface area contributed by atoms with Crippen molar-refractivity contribution in [2.75, 3.05) is 31.1 Å². The van der Waals surface area contributed by atoms with Gasteiger partial charge in [0.25, 0.3) is 0 Å². The van der Waals surface area contributed by atoms with Crippen LogP contribution in [0.25, 0.3) is 16.8 Å². The molecule has 0 aliphatic carbocycles. The lowest BCUT2D eigenvalue weighted by molar-refractivity contribution is 0.584. The van der Waals surface area contributed by atoms with Gasteiger partial charge in [-0.3, -0.25) is 5.10 Å². The van der Waals surface area contributed by atoms with Crippen molar-refractivity contribution >= 4 is 11.4 Å². The zero-order valence-corrected chi connectivity index (χ0v) is 14.6. The van der Waals surface area contributed by atoms with Gasteiger partial charge in [-0.05, 0) is 30.0 Å². The van der Waals surface area contributed by atoms with Crippen molar-refractivity contribution in [2.45, 2.75) is 0 Å². The lowest BCUT2D eigenvalue weighted by Crippen LogP contribution is -2.44. The molecule has 1 fully saturated rings. The number of rotatable bonds is 5. The maximum atomic E-state index is 9.03. The van der Waals surface area contributed by atoms with E-state index in [-0.39, 0.29) is 0 Å². The largest absolute Gasteiger partial charge is 0.405 e. The van der Waals surface area contributed by atoms with Crippen LogP contribution in [0, 0.1) is 11.3 Å². The Labute approximate surface area is 153 Å². The summed E-state index contributed by atoms with van der Waals surface area (Å²) in [7, 11) is 0. The number of anilines is 1. The fraction of sp³-hybridized carbons (Fsp3) is 0.200. The highest BCUT2D eigenvalue weighted by Gasteiger charge is 2.23. The van der Waals surface area contributed by atoms with Gasteiger partial charge in [0.2, 0.25) is 0 Å². The van der Waals surface area contributed by atoms with E-state index in [0.29, 0.717) is 5.56 Å². The topological polar surface area (TPSA) is 93.8 Å². The summed E-state index contributed by atoms with van der Waals surface area (Å²) in [5, 5.41) is 20.2. The second-order valence-electron chi connectivity index (χ2n) is 5.94. The molecular weight excluding hydrogens is 324 g/mol. The van der Waals surface area contributed by atoms with Crippen LogP contribution in [0.1, 0.15) is 11.1 Å². The molecule has 0 atom stereocenters. The van der Waals surface area contributed by atoms with Gasteiger partial charge in [0.15, 0.2) is 5.82 Å². The van der Waals surface area contributed by atoms with Crippen LogP contribution in [0.5, 0.6) is 0 Å². The summed E-state index contributed by atoms with van der Waals surface area (Å²) in [4.78, 5) is 2.26. The number of benzene rings is 1. The third-order valence-corrected chi connectivity index (χ3v) is 4.33. The van der Waals surface area contributed by atoms with Crippen molar-refractivity contribution < 1.29 is 0 Å². The number of nitrogens with two attached hydrogens (primary N) is 1. The molecule has 0 saturated carbocycles. The summed E-state index contributed by atoms with van der Waals surface area (Å²) in [5.41, 5.74) is 10.1. The minimum Gasteiger partial charge on any atom is -0.405 e. The number of H-pyrrole nitrogens is 1. The fourth-order valence-corrected chi connectivity index (χ4v) is 3.08. The van der Waals surface area contributed by atoms with Crippen LogP contribution in [0.4, 0.5) is 5.82 Å². The maximum absolute atomic E-state index is 9.03. The van der Waals surface area contributed by atoms with Crippen LogP contribution in [-0.2, 0) is 0 Å². The van der Waals surface area contributed by atoms with Crippen molar-refractivity contribution in [3.8, 4) is 17.3 Å². The standard InChI is InChI=1S/C20H22N6/c1-2-3-16(8-9-21)18-19(17-6-4-15(14-22)5-7-17)24-25-20(18)26-12-10-23-11-13-26/h2-9,23H,1,10-13,21H2,(H,24,25)/b9-8-,16-3+. The Bertz CT molecular complexity index is 861. The van der Waals surface area contributed by atoms with Gasteiger partial charge in [-0.15, -0.1) is 0 Å². The summed E-state index contributed by atoms with van der Waals surface area (Å²) in [5.74, 6) is 0.900. The minimum atomic E-state index is 0.626. The molecule has 0 bridgehead atoms. The predicted octanol–water partition coefficient (Wildman–Crippen LogP) is 2.40. The number of allylic oxidation sites excluding steroid dienone is 4.